The van der Waals surface area contributed by atoms with E-state index in [1.165, 1.54) is 12.3 Å². The van der Waals surface area contributed by atoms with Crippen molar-refractivity contribution in [3.8, 4) is 5.75 Å². The van der Waals surface area contributed by atoms with Gasteiger partial charge >= 0.3 is 0 Å². The molecular formula is C21H23ClFN7O. The van der Waals surface area contributed by atoms with Gasteiger partial charge < -0.3 is 15.0 Å². The fourth-order valence-corrected chi connectivity index (χ4v) is 2.93. The summed E-state index contributed by atoms with van der Waals surface area (Å²) in [5, 5.41) is 7.71. The minimum atomic E-state index is -0.372. The first-order valence-electron chi connectivity index (χ1n) is 9.69. The second-order valence-corrected chi connectivity index (χ2v) is 6.75. The van der Waals surface area contributed by atoms with Crippen molar-refractivity contribution < 1.29 is 9.13 Å². The number of hydrazone groups is 1. The Bertz CT molecular complexity index is 1060. The normalized spacial score (nSPS) is 10.9. The van der Waals surface area contributed by atoms with Crippen LogP contribution in [0.5, 0.6) is 5.75 Å². The van der Waals surface area contributed by atoms with Gasteiger partial charge in [-0.3, -0.25) is 0 Å². The highest BCUT2D eigenvalue weighted by atomic mass is 35.5. The molecule has 2 aromatic carbocycles. The summed E-state index contributed by atoms with van der Waals surface area (Å²) in [6.45, 7) is 5.42. The smallest absolute Gasteiger partial charge is 0.250 e. The van der Waals surface area contributed by atoms with E-state index in [1.807, 2.05) is 18.7 Å². The van der Waals surface area contributed by atoms with Crippen LogP contribution >= 0.6 is 11.6 Å². The van der Waals surface area contributed by atoms with Crippen molar-refractivity contribution in [3.63, 3.8) is 0 Å². The van der Waals surface area contributed by atoms with Gasteiger partial charge in [-0.05, 0) is 38.1 Å². The van der Waals surface area contributed by atoms with E-state index in [-0.39, 0.29) is 17.7 Å². The molecule has 0 saturated heterocycles. The van der Waals surface area contributed by atoms with Gasteiger partial charge in [0.05, 0.1) is 19.0 Å². The maximum atomic E-state index is 13.8. The van der Waals surface area contributed by atoms with Crippen molar-refractivity contribution in [2.24, 2.45) is 5.10 Å². The van der Waals surface area contributed by atoms with Crippen molar-refractivity contribution in [3.05, 3.63) is 58.9 Å². The third-order valence-electron chi connectivity index (χ3n) is 4.35. The lowest BCUT2D eigenvalue weighted by atomic mass is 10.2. The van der Waals surface area contributed by atoms with E-state index in [9.17, 15) is 4.39 Å². The quantitative estimate of drug-likeness (QED) is 0.366. The van der Waals surface area contributed by atoms with Crippen LogP contribution in [0.3, 0.4) is 0 Å². The predicted octanol–water partition coefficient (Wildman–Crippen LogP) is 4.71. The number of methoxy groups -OCH3 is 1. The first kappa shape index (κ1) is 22.2. The molecule has 2 N–H and O–H groups in total. The molecule has 0 amide bonds. The lowest BCUT2D eigenvalue weighted by Crippen LogP contribution is -2.25. The molecule has 0 unspecified atom stereocenters. The fourth-order valence-electron chi connectivity index (χ4n) is 2.76. The van der Waals surface area contributed by atoms with Crippen LogP contribution in [-0.4, -0.2) is 41.4 Å². The van der Waals surface area contributed by atoms with Gasteiger partial charge in [-0.25, -0.2) is 9.82 Å². The summed E-state index contributed by atoms with van der Waals surface area (Å²) in [7, 11) is 1.56. The first-order chi connectivity index (χ1) is 15.0. The minimum Gasteiger partial charge on any atom is -0.495 e. The number of nitrogens with one attached hydrogen (secondary N) is 2. The molecule has 8 nitrogen and oxygen atoms in total. The fraction of sp³-hybridized carbons (Fsp3) is 0.238. The molecule has 31 heavy (non-hydrogen) atoms. The van der Waals surface area contributed by atoms with Crippen molar-refractivity contribution >= 4 is 41.3 Å². The SMILES string of the molecule is CCN(CC)c1nc(N/N=C/c2ccccc2F)nc(Nc2cc(Cl)ccc2OC)n1. The van der Waals surface area contributed by atoms with Crippen molar-refractivity contribution in [2.45, 2.75) is 13.8 Å². The van der Waals surface area contributed by atoms with Crippen LogP contribution in [0.4, 0.5) is 27.9 Å². The largest absolute Gasteiger partial charge is 0.495 e. The summed E-state index contributed by atoms with van der Waals surface area (Å²) in [6, 6.07) is 11.5. The number of ether oxygens (including phenoxy) is 1. The summed E-state index contributed by atoms with van der Waals surface area (Å²) < 4.78 is 19.2. The molecule has 3 aromatic rings. The van der Waals surface area contributed by atoms with Gasteiger partial charge in [0.1, 0.15) is 11.6 Å². The number of benzene rings is 2. The summed E-state index contributed by atoms with van der Waals surface area (Å²) in [5.74, 6) is 1.16. The van der Waals surface area contributed by atoms with Gasteiger partial charge in [-0.1, -0.05) is 29.8 Å². The maximum Gasteiger partial charge on any atom is 0.250 e. The number of aromatic nitrogens is 3. The monoisotopic (exact) mass is 443 g/mol. The standard InChI is InChI=1S/C21H23ClFN7O/c1-4-30(5-2)21-27-19(25-17-12-15(22)10-11-18(17)31-3)26-20(28-21)29-24-13-14-8-6-7-9-16(14)23/h6-13H,4-5H2,1-3H3,(H2,25,26,27,28,29)/b24-13+. The molecule has 1 heterocycles. The molecule has 0 saturated carbocycles. The highest BCUT2D eigenvalue weighted by molar-refractivity contribution is 6.31. The van der Waals surface area contributed by atoms with E-state index in [0.717, 1.165) is 0 Å². The van der Waals surface area contributed by atoms with Crippen LogP contribution in [0.2, 0.25) is 5.02 Å². The Labute approximate surface area is 185 Å². The molecule has 0 aliphatic rings. The van der Waals surface area contributed by atoms with Crippen molar-refractivity contribution in [2.75, 3.05) is 35.8 Å². The second kappa shape index (κ2) is 10.5. The van der Waals surface area contributed by atoms with Gasteiger partial charge in [-0.2, -0.15) is 20.1 Å². The van der Waals surface area contributed by atoms with Crippen LogP contribution in [0.1, 0.15) is 19.4 Å². The Morgan fingerprint density at radius 2 is 1.84 bits per heavy atom. The highest BCUT2D eigenvalue weighted by Gasteiger charge is 2.13. The van der Waals surface area contributed by atoms with Crippen molar-refractivity contribution in [1.29, 1.82) is 0 Å². The molecule has 0 atom stereocenters. The van der Waals surface area contributed by atoms with Crippen LogP contribution in [-0.2, 0) is 0 Å². The molecular weight excluding hydrogens is 421 g/mol. The predicted molar refractivity (Wildman–Crippen MR) is 122 cm³/mol. The zero-order valence-corrected chi connectivity index (χ0v) is 18.2. The van der Waals surface area contributed by atoms with Crippen molar-refractivity contribution in [1.82, 2.24) is 15.0 Å². The van der Waals surface area contributed by atoms with E-state index in [2.05, 4.69) is 30.8 Å². The Hall–Kier alpha value is -3.46. The topological polar surface area (TPSA) is 87.6 Å². The molecule has 162 valence electrons. The summed E-state index contributed by atoms with van der Waals surface area (Å²) in [4.78, 5) is 15.2. The Morgan fingerprint density at radius 1 is 1.10 bits per heavy atom. The molecule has 0 spiro atoms. The molecule has 0 aliphatic heterocycles. The average Bonchev–Trinajstić information content (AvgIpc) is 2.76. The lowest BCUT2D eigenvalue weighted by molar-refractivity contribution is 0.417. The van der Waals surface area contributed by atoms with Gasteiger partial charge in [0.15, 0.2) is 0 Å². The number of anilines is 4. The molecule has 10 heteroatoms. The van der Waals surface area contributed by atoms with E-state index in [4.69, 9.17) is 16.3 Å². The number of hydrogen-bond donors (Lipinski definition) is 2. The van der Waals surface area contributed by atoms with E-state index < -0.39 is 0 Å². The zero-order valence-electron chi connectivity index (χ0n) is 17.4. The zero-order chi connectivity index (χ0) is 22.2. The van der Waals surface area contributed by atoms with E-state index >= 15 is 0 Å². The Morgan fingerprint density at radius 3 is 2.55 bits per heavy atom. The molecule has 0 radical (unpaired) electrons. The Balaban J connectivity index is 1.91. The van der Waals surface area contributed by atoms with Crippen LogP contribution < -0.4 is 20.4 Å². The van der Waals surface area contributed by atoms with Crippen LogP contribution in [0.25, 0.3) is 0 Å². The molecule has 0 aliphatic carbocycles. The summed E-state index contributed by atoms with van der Waals surface area (Å²) in [5.41, 5.74) is 3.69. The third-order valence-corrected chi connectivity index (χ3v) is 4.59. The lowest BCUT2D eigenvalue weighted by Gasteiger charge is -2.19. The maximum absolute atomic E-state index is 13.8. The number of rotatable bonds is 9. The van der Waals surface area contributed by atoms with Crippen LogP contribution in [0, 0.1) is 5.82 Å². The van der Waals surface area contributed by atoms with Crippen LogP contribution in [0.15, 0.2) is 47.6 Å². The first-order valence-corrected chi connectivity index (χ1v) is 10.1. The van der Waals surface area contributed by atoms with Gasteiger partial charge in [-0.15, -0.1) is 0 Å². The third kappa shape index (κ3) is 5.79. The number of hydrogen-bond acceptors (Lipinski definition) is 8. The number of halogens is 2. The second-order valence-electron chi connectivity index (χ2n) is 6.32. The van der Waals surface area contributed by atoms with Gasteiger partial charge in [0, 0.05) is 23.7 Å². The van der Waals surface area contributed by atoms with E-state index in [1.54, 1.807) is 43.5 Å². The molecule has 1 aromatic heterocycles. The summed E-state index contributed by atoms with van der Waals surface area (Å²) in [6.07, 6.45) is 1.36. The van der Waals surface area contributed by atoms with E-state index in [0.29, 0.717) is 41.1 Å². The summed E-state index contributed by atoms with van der Waals surface area (Å²) >= 11 is 6.12. The number of nitrogens with zero attached hydrogens (tertiary/aromatic N) is 5. The highest BCUT2D eigenvalue weighted by Crippen LogP contribution is 2.30. The molecule has 0 bridgehead atoms. The minimum absolute atomic E-state index is 0.202. The van der Waals surface area contributed by atoms with Gasteiger partial charge in [0.25, 0.3) is 0 Å². The van der Waals surface area contributed by atoms with Gasteiger partial charge in [0.2, 0.25) is 17.8 Å². The molecule has 0 fully saturated rings. The Kier molecular flexibility index (Phi) is 7.55. The average molecular weight is 444 g/mol. The molecule has 3 rings (SSSR count).